The molecule has 0 amide bonds. The van der Waals surface area contributed by atoms with Gasteiger partial charge in [-0.05, 0) is 44.9 Å². The van der Waals surface area contributed by atoms with Crippen molar-refractivity contribution in [2.75, 3.05) is 26.4 Å². The van der Waals surface area contributed by atoms with Crippen LogP contribution in [0.1, 0.15) is 174 Å². The molecule has 0 aromatic heterocycles. The van der Waals surface area contributed by atoms with Crippen LogP contribution in [0.5, 0.6) is 0 Å². The third-order valence-electron chi connectivity index (χ3n) is 8.29. The van der Waals surface area contributed by atoms with Crippen LogP contribution in [0.2, 0.25) is 0 Å². The fourth-order valence-corrected chi connectivity index (χ4v) is 6.12. The van der Waals surface area contributed by atoms with Crippen LogP contribution in [0.15, 0.2) is 36.5 Å². The fourth-order valence-electron chi connectivity index (χ4n) is 5.35. The van der Waals surface area contributed by atoms with E-state index in [9.17, 15) is 19.0 Å². The van der Waals surface area contributed by atoms with E-state index in [-0.39, 0.29) is 38.6 Å². The van der Waals surface area contributed by atoms with E-state index in [4.69, 9.17) is 24.3 Å². The minimum atomic E-state index is -4.37. The molecule has 0 aliphatic carbocycles. The summed E-state index contributed by atoms with van der Waals surface area (Å²) >= 11 is 0. The normalized spacial score (nSPS) is 13.8. The number of nitrogens with two attached hydrogens (primary N) is 1. The van der Waals surface area contributed by atoms with Crippen molar-refractivity contribution in [3.63, 3.8) is 0 Å². The molecule has 10 heteroatoms. The van der Waals surface area contributed by atoms with Gasteiger partial charge in [0.15, 0.2) is 6.10 Å². The van der Waals surface area contributed by atoms with Gasteiger partial charge in [0.25, 0.3) is 0 Å². The van der Waals surface area contributed by atoms with Crippen LogP contribution >= 0.6 is 7.82 Å². The maximum Gasteiger partial charge on any atom is 0.472 e. The monoisotopic (exact) mass is 728 g/mol. The number of rotatable bonds is 37. The molecule has 9 nitrogen and oxygen atoms in total. The molecule has 0 saturated heterocycles. The summed E-state index contributed by atoms with van der Waals surface area (Å²) in [6.45, 7) is 3.60. The summed E-state index contributed by atoms with van der Waals surface area (Å²) < 4.78 is 32.7. The van der Waals surface area contributed by atoms with Crippen LogP contribution in [-0.4, -0.2) is 49.3 Å². The van der Waals surface area contributed by atoms with Gasteiger partial charge in [0.1, 0.15) is 6.61 Å². The SMILES string of the molecule is CC/C=C/C/C=C/C/C=C/CCCCCCCC(=O)O[C@H](COC(=O)CCCCCCCCCCCCCCCC)COP(=O)(O)OCCN. The van der Waals surface area contributed by atoms with E-state index in [2.05, 4.69) is 50.3 Å². The first-order chi connectivity index (χ1) is 24.3. The Bertz CT molecular complexity index is 923. The van der Waals surface area contributed by atoms with Crippen LogP contribution in [0.25, 0.3) is 0 Å². The van der Waals surface area contributed by atoms with Gasteiger partial charge in [0.05, 0.1) is 13.2 Å². The lowest BCUT2D eigenvalue weighted by Gasteiger charge is -2.19. The Morgan fingerprint density at radius 1 is 0.620 bits per heavy atom. The lowest BCUT2D eigenvalue weighted by atomic mass is 10.0. The van der Waals surface area contributed by atoms with Gasteiger partial charge in [0, 0.05) is 19.4 Å². The summed E-state index contributed by atoms with van der Waals surface area (Å²) in [5.41, 5.74) is 5.33. The maximum absolute atomic E-state index is 12.5. The molecule has 1 unspecified atom stereocenters. The van der Waals surface area contributed by atoms with E-state index >= 15 is 0 Å². The molecule has 0 aromatic rings. The highest BCUT2D eigenvalue weighted by Gasteiger charge is 2.25. The number of hydrogen-bond acceptors (Lipinski definition) is 8. The summed E-state index contributed by atoms with van der Waals surface area (Å²) in [6.07, 6.45) is 38.8. The third kappa shape index (κ3) is 36.0. The number of phosphoric acid groups is 1. The van der Waals surface area contributed by atoms with Crippen LogP contribution in [-0.2, 0) is 32.7 Å². The maximum atomic E-state index is 12.5. The lowest BCUT2D eigenvalue weighted by Crippen LogP contribution is -2.29. The predicted octanol–water partition coefficient (Wildman–Crippen LogP) is 11.0. The third-order valence-corrected chi connectivity index (χ3v) is 9.27. The summed E-state index contributed by atoms with van der Waals surface area (Å²) in [4.78, 5) is 34.8. The van der Waals surface area contributed by atoms with Crippen LogP contribution < -0.4 is 5.73 Å². The Hall–Kier alpha value is -1.77. The zero-order valence-corrected chi connectivity index (χ0v) is 32.8. The van der Waals surface area contributed by atoms with Crippen LogP contribution in [0.4, 0.5) is 0 Å². The predicted molar refractivity (Wildman–Crippen MR) is 206 cm³/mol. The number of esters is 2. The quantitative estimate of drug-likeness (QED) is 0.0277. The van der Waals surface area contributed by atoms with E-state index in [1.54, 1.807) is 0 Å². The fraction of sp³-hybridized carbons (Fsp3) is 0.800. The Labute approximate surface area is 305 Å². The Morgan fingerprint density at radius 3 is 1.64 bits per heavy atom. The first-order valence-electron chi connectivity index (χ1n) is 20.0. The zero-order chi connectivity index (χ0) is 36.8. The highest BCUT2D eigenvalue weighted by atomic mass is 31.2. The minimum absolute atomic E-state index is 0.0505. The molecule has 0 heterocycles. The second-order valence-electron chi connectivity index (χ2n) is 13.1. The molecule has 0 bridgehead atoms. The van der Waals surface area contributed by atoms with E-state index in [0.717, 1.165) is 70.6 Å². The van der Waals surface area contributed by atoms with E-state index < -0.39 is 26.5 Å². The number of allylic oxidation sites excluding steroid dienone is 6. The van der Waals surface area contributed by atoms with Crippen molar-refractivity contribution in [2.24, 2.45) is 5.73 Å². The smallest absolute Gasteiger partial charge is 0.462 e. The second kappa shape index (κ2) is 37.0. The minimum Gasteiger partial charge on any atom is -0.462 e. The van der Waals surface area contributed by atoms with Gasteiger partial charge in [-0.1, -0.05) is 153 Å². The second-order valence-corrected chi connectivity index (χ2v) is 14.6. The van der Waals surface area contributed by atoms with E-state index in [1.165, 1.54) is 70.6 Å². The molecule has 0 fully saturated rings. The molecular weight excluding hydrogens is 653 g/mol. The standard InChI is InChI=1S/C40H74NO8P/c1-3-5-7-9-11-13-15-17-19-21-23-25-27-29-31-33-40(43)49-38(37-48-50(44,45)47-35-34-41)36-46-39(42)32-30-28-26-24-22-20-18-16-14-12-10-8-6-4-2/h5,7,11,13,17,19,38H,3-4,6,8-10,12,14-16,18,20-37,41H2,1-2H3,(H,44,45)/b7-5+,13-11+,19-17+/t38-/m1/s1. The average molecular weight is 728 g/mol. The number of carbonyl (C=O) groups excluding carboxylic acids is 2. The first kappa shape index (κ1) is 48.2. The summed E-state index contributed by atoms with van der Waals surface area (Å²) in [5.74, 6) is -0.846. The topological polar surface area (TPSA) is 134 Å². The van der Waals surface area contributed by atoms with Crippen molar-refractivity contribution in [3.05, 3.63) is 36.5 Å². The molecule has 0 aliphatic heterocycles. The number of unbranched alkanes of at least 4 members (excludes halogenated alkanes) is 18. The van der Waals surface area contributed by atoms with Gasteiger partial charge in [-0.15, -0.1) is 0 Å². The molecular formula is C40H74NO8P. The largest absolute Gasteiger partial charge is 0.472 e. The van der Waals surface area contributed by atoms with Crippen LogP contribution in [0.3, 0.4) is 0 Å². The van der Waals surface area contributed by atoms with E-state index in [0.29, 0.717) is 6.42 Å². The molecule has 0 aliphatic rings. The Balaban J connectivity index is 4.22. The van der Waals surface area contributed by atoms with Gasteiger partial charge >= 0.3 is 19.8 Å². The van der Waals surface area contributed by atoms with Crippen molar-refractivity contribution in [1.82, 2.24) is 0 Å². The van der Waals surface area contributed by atoms with Gasteiger partial charge in [-0.2, -0.15) is 0 Å². The van der Waals surface area contributed by atoms with Crippen molar-refractivity contribution in [1.29, 1.82) is 0 Å². The van der Waals surface area contributed by atoms with Gasteiger partial charge in [0.2, 0.25) is 0 Å². The average Bonchev–Trinajstić information content (AvgIpc) is 3.10. The first-order valence-corrected chi connectivity index (χ1v) is 21.5. The summed E-state index contributed by atoms with van der Waals surface area (Å²) in [7, 11) is -4.37. The Kier molecular flexibility index (Phi) is 35.7. The van der Waals surface area contributed by atoms with Gasteiger partial charge < -0.3 is 20.1 Å². The summed E-state index contributed by atoms with van der Waals surface area (Å²) in [6, 6.07) is 0. The molecule has 0 spiro atoms. The molecule has 292 valence electrons. The molecule has 0 radical (unpaired) electrons. The summed E-state index contributed by atoms with van der Waals surface area (Å²) in [5, 5.41) is 0. The molecule has 3 N–H and O–H groups in total. The molecule has 0 aromatic carbocycles. The molecule has 2 atom stereocenters. The molecule has 0 rings (SSSR count). The van der Waals surface area contributed by atoms with E-state index in [1.807, 2.05) is 0 Å². The number of carbonyl (C=O) groups is 2. The van der Waals surface area contributed by atoms with Crippen molar-refractivity contribution < 1.29 is 37.6 Å². The highest BCUT2D eigenvalue weighted by Crippen LogP contribution is 2.43. The number of ether oxygens (including phenoxy) is 2. The van der Waals surface area contributed by atoms with Crippen molar-refractivity contribution in [2.45, 2.75) is 180 Å². The zero-order valence-electron chi connectivity index (χ0n) is 31.9. The number of phosphoric ester groups is 1. The van der Waals surface area contributed by atoms with Gasteiger partial charge in [-0.3, -0.25) is 18.6 Å². The molecule has 0 saturated carbocycles. The molecule has 50 heavy (non-hydrogen) atoms. The van der Waals surface area contributed by atoms with Crippen LogP contribution in [0, 0.1) is 0 Å². The Morgan fingerprint density at radius 2 is 1.10 bits per heavy atom. The van der Waals surface area contributed by atoms with Gasteiger partial charge in [-0.25, -0.2) is 4.57 Å². The highest BCUT2D eigenvalue weighted by molar-refractivity contribution is 7.47. The van der Waals surface area contributed by atoms with Crippen molar-refractivity contribution in [3.8, 4) is 0 Å². The van der Waals surface area contributed by atoms with Crippen molar-refractivity contribution >= 4 is 19.8 Å². The lowest BCUT2D eigenvalue weighted by molar-refractivity contribution is -0.161. The number of hydrogen-bond donors (Lipinski definition) is 2.